The highest BCUT2D eigenvalue weighted by atomic mass is 15.3. The zero-order valence-corrected chi connectivity index (χ0v) is 9.46. The van der Waals surface area contributed by atoms with E-state index in [0.29, 0.717) is 0 Å². The number of aryl methyl sites for hydroxylation is 1. The Balaban J connectivity index is 2.30. The van der Waals surface area contributed by atoms with Crippen LogP contribution in [0.5, 0.6) is 0 Å². The van der Waals surface area contributed by atoms with E-state index < -0.39 is 0 Å². The van der Waals surface area contributed by atoms with Gasteiger partial charge in [-0.15, -0.1) is 0 Å². The van der Waals surface area contributed by atoms with Crippen molar-refractivity contribution in [3.8, 4) is 5.69 Å². The molecule has 4 nitrogen and oxygen atoms in total. The number of aromatic nitrogens is 3. The van der Waals surface area contributed by atoms with E-state index in [4.69, 9.17) is 5.73 Å². The van der Waals surface area contributed by atoms with Crippen LogP contribution in [0.2, 0.25) is 0 Å². The van der Waals surface area contributed by atoms with Crippen molar-refractivity contribution >= 4 is 16.6 Å². The molecule has 0 amide bonds. The van der Waals surface area contributed by atoms with Gasteiger partial charge in [0.1, 0.15) is 0 Å². The van der Waals surface area contributed by atoms with E-state index in [1.807, 2.05) is 41.3 Å². The quantitative estimate of drug-likeness (QED) is 0.645. The number of fused-ring (bicyclic) bond motifs is 1. The van der Waals surface area contributed by atoms with Crippen molar-refractivity contribution in [3.63, 3.8) is 0 Å². The number of pyridine rings is 1. The molecule has 0 aliphatic heterocycles. The summed E-state index contributed by atoms with van der Waals surface area (Å²) in [6, 6.07) is 7.67. The van der Waals surface area contributed by atoms with Gasteiger partial charge in [0.2, 0.25) is 0 Å². The first kappa shape index (κ1) is 9.84. The molecular formula is C13H12N4. The maximum atomic E-state index is 5.75. The predicted octanol–water partition coefficient (Wildman–Crippen LogP) is 2.31. The first-order valence-corrected chi connectivity index (χ1v) is 5.40. The van der Waals surface area contributed by atoms with Crippen LogP contribution in [0, 0.1) is 6.92 Å². The van der Waals surface area contributed by atoms with E-state index in [9.17, 15) is 0 Å². The fourth-order valence-electron chi connectivity index (χ4n) is 1.98. The van der Waals surface area contributed by atoms with Gasteiger partial charge in [-0.05, 0) is 30.7 Å². The molecule has 3 aromatic rings. The summed E-state index contributed by atoms with van der Waals surface area (Å²) in [6.45, 7) is 2.07. The normalized spacial score (nSPS) is 10.9. The van der Waals surface area contributed by atoms with Crippen LogP contribution >= 0.6 is 0 Å². The van der Waals surface area contributed by atoms with Crippen molar-refractivity contribution in [2.24, 2.45) is 0 Å². The molecule has 0 fully saturated rings. The molecule has 2 heterocycles. The van der Waals surface area contributed by atoms with Crippen LogP contribution in [0.1, 0.15) is 5.56 Å². The Morgan fingerprint density at radius 3 is 2.94 bits per heavy atom. The average molecular weight is 224 g/mol. The Morgan fingerprint density at radius 2 is 2.18 bits per heavy atom. The second kappa shape index (κ2) is 3.59. The zero-order valence-electron chi connectivity index (χ0n) is 9.46. The molecule has 0 bridgehead atoms. The van der Waals surface area contributed by atoms with Crippen LogP contribution in [-0.4, -0.2) is 14.8 Å². The van der Waals surface area contributed by atoms with Gasteiger partial charge in [-0.25, -0.2) is 4.68 Å². The molecular weight excluding hydrogens is 212 g/mol. The van der Waals surface area contributed by atoms with E-state index in [2.05, 4.69) is 17.0 Å². The maximum absolute atomic E-state index is 5.75. The third-order valence-corrected chi connectivity index (χ3v) is 2.89. The third kappa shape index (κ3) is 1.54. The molecule has 0 unspecified atom stereocenters. The van der Waals surface area contributed by atoms with Crippen LogP contribution in [0.15, 0.2) is 42.9 Å². The molecule has 0 saturated carbocycles. The number of nitrogen functional groups attached to an aromatic ring is 1. The summed E-state index contributed by atoms with van der Waals surface area (Å²) in [5.74, 6) is 0. The number of benzene rings is 1. The number of rotatable bonds is 1. The molecule has 0 aliphatic carbocycles. The molecule has 2 N–H and O–H groups in total. The molecule has 0 aliphatic rings. The zero-order chi connectivity index (χ0) is 11.8. The van der Waals surface area contributed by atoms with Gasteiger partial charge in [-0.1, -0.05) is 6.07 Å². The summed E-state index contributed by atoms with van der Waals surface area (Å²) in [7, 11) is 0. The molecule has 0 saturated heterocycles. The fraction of sp³-hybridized carbons (Fsp3) is 0.0769. The van der Waals surface area contributed by atoms with E-state index in [-0.39, 0.29) is 0 Å². The molecule has 84 valence electrons. The van der Waals surface area contributed by atoms with Crippen LogP contribution in [-0.2, 0) is 0 Å². The molecule has 0 atom stereocenters. The minimum absolute atomic E-state index is 0.733. The van der Waals surface area contributed by atoms with Crippen molar-refractivity contribution in [2.45, 2.75) is 6.92 Å². The van der Waals surface area contributed by atoms with Crippen LogP contribution in [0.25, 0.3) is 16.6 Å². The summed E-state index contributed by atoms with van der Waals surface area (Å²) in [6.07, 6.45) is 5.49. The Kier molecular flexibility index (Phi) is 2.08. The Bertz CT molecular complexity index is 671. The Hall–Kier alpha value is -2.36. The standard InChI is InChI=1S/C13H12N4/c1-9-11-4-3-10(14)7-12(11)15-8-13(9)17-6-2-5-16-17/h2-8H,14H2,1H3. The van der Waals surface area contributed by atoms with Gasteiger partial charge in [-0.2, -0.15) is 5.10 Å². The predicted molar refractivity (Wildman–Crippen MR) is 68.0 cm³/mol. The third-order valence-electron chi connectivity index (χ3n) is 2.89. The largest absolute Gasteiger partial charge is 0.399 e. The first-order chi connectivity index (χ1) is 8.25. The summed E-state index contributed by atoms with van der Waals surface area (Å²) in [4.78, 5) is 4.42. The van der Waals surface area contributed by atoms with Gasteiger partial charge >= 0.3 is 0 Å². The SMILES string of the molecule is Cc1c(-n2cccn2)cnc2cc(N)ccc12. The molecule has 4 heteroatoms. The lowest BCUT2D eigenvalue weighted by Gasteiger charge is -2.09. The van der Waals surface area contributed by atoms with Gasteiger partial charge in [0.25, 0.3) is 0 Å². The monoisotopic (exact) mass is 224 g/mol. The van der Waals surface area contributed by atoms with Gasteiger partial charge in [-0.3, -0.25) is 4.98 Å². The maximum Gasteiger partial charge on any atom is 0.0864 e. The number of hydrogen-bond donors (Lipinski definition) is 1. The number of nitrogens with two attached hydrogens (primary N) is 1. The topological polar surface area (TPSA) is 56.7 Å². The van der Waals surface area contributed by atoms with Gasteiger partial charge < -0.3 is 5.73 Å². The summed E-state index contributed by atoms with van der Waals surface area (Å²) >= 11 is 0. The molecule has 17 heavy (non-hydrogen) atoms. The number of anilines is 1. The van der Waals surface area contributed by atoms with Gasteiger partial charge in [0.15, 0.2) is 0 Å². The summed E-state index contributed by atoms with van der Waals surface area (Å²) < 4.78 is 1.82. The minimum atomic E-state index is 0.733. The molecule has 3 rings (SSSR count). The highest BCUT2D eigenvalue weighted by molar-refractivity contribution is 5.86. The van der Waals surface area contributed by atoms with Crippen molar-refractivity contribution in [3.05, 3.63) is 48.4 Å². The van der Waals surface area contributed by atoms with Crippen molar-refractivity contribution < 1.29 is 0 Å². The fourth-order valence-corrected chi connectivity index (χ4v) is 1.98. The van der Waals surface area contributed by atoms with Crippen LogP contribution < -0.4 is 5.73 Å². The average Bonchev–Trinajstić information content (AvgIpc) is 2.82. The lowest BCUT2D eigenvalue weighted by molar-refractivity contribution is 0.869. The van der Waals surface area contributed by atoms with Crippen molar-refractivity contribution in [1.82, 2.24) is 14.8 Å². The highest BCUT2D eigenvalue weighted by Crippen LogP contribution is 2.23. The number of nitrogens with zero attached hydrogens (tertiary/aromatic N) is 3. The lowest BCUT2D eigenvalue weighted by Crippen LogP contribution is -1.99. The van der Waals surface area contributed by atoms with E-state index in [0.717, 1.165) is 27.8 Å². The van der Waals surface area contributed by atoms with Gasteiger partial charge in [0, 0.05) is 23.5 Å². The van der Waals surface area contributed by atoms with Crippen molar-refractivity contribution in [1.29, 1.82) is 0 Å². The summed E-state index contributed by atoms with van der Waals surface area (Å²) in [5, 5.41) is 5.33. The Morgan fingerprint density at radius 1 is 1.29 bits per heavy atom. The number of hydrogen-bond acceptors (Lipinski definition) is 3. The first-order valence-electron chi connectivity index (χ1n) is 5.40. The smallest absolute Gasteiger partial charge is 0.0864 e. The second-order valence-corrected chi connectivity index (χ2v) is 4.00. The molecule has 0 spiro atoms. The lowest BCUT2D eigenvalue weighted by atomic mass is 10.1. The summed E-state index contributed by atoms with van der Waals surface area (Å²) in [5.41, 5.74) is 9.54. The van der Waals surface area contributed by atoms with E-state index in [1.165, 1.54) is 0 Å². The van der Waals surface area contributed by atoms with E-state index in [1.54, 1.807) is 6.20 Å². The van der Waals surface area contributed by atoms with Crippen LogP contribution in [0.3, 0.4) is 0 Å². The second-order valence-electron chi connectivity index (χ2n) is 4.00. The van der Waals surface area contributed by atoms with Crippen LogP contribution in [0.4, 0.5) is 5.69 Å². The minimum Gasteiger partial charge on any atom is -0.399 e. The molecule has 2 aromatic heterocycles. The Labute approximate surface area is 98.7 Å². The molecule has 1 aromatic carbocycles. The van der Waals surface area contributed by atoms with Gasteiger partial charge in [0.05, 0.1) is 17.4 Å². The van der Waals surface area contributed by atoms with E-state index >= 15 is 0 Å². The van der Waals surface area contributed by atoms with Crippen molar-refractivity contribution in [2.75, 3.05) is 5.73 Å². The highest BCUT2D eigenvalue weighted by Gasteiger charge is 2.06. The molecule has 0 radical (unpaired) electrons.